The normalized spacial score (nSPS) is 14.6. The zero-order valence-electron chi connectivity index (χ0n) is 15.8. The van der Waals surface area contributed by atoms with Gasteiger partial charge in [-0.2, -0.15) is 9.40 Å². The molecule has 1 fully saturated rings. The molecule has 2 aromatic rings. The maximum atomic E-state index is 12.7. The number of H-pyrrole nitrogens is 1. The zero-order valence-corrected chi connectivity index (χ0v) is 18.2. The summed E-state index contributed by atoms with van der Waals surface area (Å²) < 4.78 is 29.0. The van der Waals surface area contributed by atoms with Crippen molar-refractivity contribution in [2.24, 2.45) is 0 Å². The summed E-state index contributed by atoms with van der Waals surface area (Å²) in [5, 5.41) is 9.81. The summed E-state index contributed by atoms with van der Waals surface area (Å²) in [6.07, 6.45) is 2.06. The average Bonchev–Trinajstić information content (AvgIpc) is 3.41. The number of aromatic nitrogens is 3. The number of amides is 1. The lowest BCUT2D eigenvalue weighted by molar-refractivity contribution is 0.0949. The number of rotatable bonds is 7. The molecule has 0 radical (unpaired) electrons. The highest BCUT2D eigenvalue weighted by molar-refractivity contribution is 7.89. The molecule has 0 unspecified atom stereocenters. The van der Waals surface area contributed by atoms with Crippen LogP contribution >= 0.6 is 23.8 Å². The molecule has 3 rings (SSSR count). The van der Waals surface area contributed by atoms with Gasteiger partial charge in [-0.1, -0.05) is 11.6 Å². The van der Waals surface area contributed by atoms with E-state index >= 15 is 0 Å². The van der Waals surface area contributed by atoms with Gasteiger partial charge in [-0.15, -0.1) is 0 Å². The van der Waals surface area contributed by atoms with E-state index in [1.165, 1.54) is 29.6 Å². The van der Waals surface area contributed by atoms with Crippen molar-refractivity contribution in [2.45, 2.75) is 50.2 Å². The van der Waals surface area contributed by atoms with E-state index < -0.39 is 15.9 Å². The summed E-state index contributed by atoms with van der Waals surface area (Å²) in [6, 6.07) is 4.21. The summed E-state index contributed by atoms with van der Waals surface area (Å²) in [7, 11) is -2.23. The van der Waals surface area contributed by atoms with Crippen molar-refractivity contribution < 1.29 is 13.2 Å². The quantitative estimate of drug-likeness (QED) is 0.641. The monoisotopic (exact) mass is 443 g/mol. The van der Waals surface area contributed by atoms with Crippen LogP contribution in [0.2, 0.25) is 5.02 Å². The van der Waals surface area contributed by atoms with Gasteiger partial charge in [0, 0.05) is 19.1 Å². The molecule has 0 atom stereocenters. The van der Waals surface area contributed by atoms with Gasteiger partial charge in [0.2, 0.25) is 10.0 Å². The van der Waals surface area contributed by atoms with Gasteiger partial charge < -0.3 is 5.32 Å². The number of nitrogens with zero attached hydrogens (tertiary/aromatic N) is 3. The van der Waals surface area contributed by atoms with Crippen LogP contribution in [0.25, 0.3) is 0 Å². The van der Waals surface area contributed by atoms with Crippen molar-refractivity contribution >= 4 is 39.7 Å². The molecular formula is C17H22ClN5O3S2. The number of aromatic amines is 1. The lowest BCUT2D eigenvalue weighted by Crippen LogP contribution is -2.33. The third kappa shape index (κ3) is 4.14. The lowest BCUT2D eigenvalue weighted by atomic mass is 10.2. The van der Waals surface area contributed by atoms with E-state index in [2.05, 4.69) is 15.5 Å². The van der Waals surface area contributed by atoms with Crippen LogP contribution in [0.4, 0.5) is 0 Å². The van der Waals surface area contributed by atoms with Crippen molar-refractivity contribution in [1.82, 2.24) is 24.4 Å². The fourth-order valence-electron chi connectivity index (χ4n) is 2.71. The Hall–Kier alpha value is -1.75. The van der Waals surface area contributed by atoms with Gasteiger partial charge in [-0.3, -0.25) is 14.5 Å². The maximum Gasteiger partial charge on any atom is 0.253 e. The Labute approximate surface area is 173 Å². The molecule has 8 nitrogen and oxygen atoms in total. The highest BCUT2D eigenvalue weighted by atomic mass is 35.5. The van der Waals surface area contributed by atoms with Gasteiger partial charge in [0.1, 0.15) is 0 Å². The first-order valence-electron chi connectivity index (χ1n) is 8.84. The average molecular weight is 444 g/mol. The van der Waals surface area contributed by atoms with Crippen molar-refractivity contribution in [3.63, 3.8) is 0 Å². The molecule has 0 bridgehead atoms. The molecule has 152 valence electrons. The van der Waals surface area contributed by atoms with Crippen LogP contribution in [-0.4, -0.2) is 46.5 Å². The first-order chi connectivity index (χ1) is 13.1. The first-order valence-corrected chi connectivity index (χ1v) is 11.1. The number of sulfonamides is 1. The third-order valence-corrected chi connectivity index (χ3v) is 7.33. The Morgan fingerprint density at radius 1 is 1.46 bits per heavy atom. The van der Waals surface area contributed by atoms with Crippen molar-refractivity contribution in [3.8, 4) is 0 Å². The zero-order chi connectivity index (χ0) is 20.6. The molecule has 2 N–H and O–H groups in total. The van der Waals surface area contributed by atoms with E-state index in [1.54, 1.807) is 13.8 Å². The third-order valence-electron chi connectivity index (χ3n) is 4.68. The Bertz CT molecular complexity index is 1060. The summed E-state index contributed by atoms with van der Waals surface area (Å²) in [4.78, 5) is 12.7. The van der Waals surface area contributed by atoms with Gasteiger partial charge in [0.25, 0.3) is 5.91 Å². The number of halogens is 1. The minimum Gasteiger partial charge on any atom is -0.345 e. The van der Waals surface area contributed by atoms with Gasteiger partial charge in [0.15, 0.2) is 10.6 Å². The van der Waals surface area contributed by atoms with E-state index in [1.807, 2.05) is 4.57 Å². The van der Waals surface area contributed by atoms with Gasteiger partial charge in [0.05, 0.1) is 22.0 Å². The second-order valence-corrected chi connectivity index (χ2v) is 9.78. The first kappa shape index (κ1) is 21.0. The molecule has 1 heterocycles. The number of carbonyl (C=O) groups is 1. The minimum atomic E-state index is -3.73. The number of hydrogen-bond donors (Lipinski definition) is 2. The van der Waals surface area contributed by atoms with Gasteiger partial charge in [-0.05, 0) is 57.1 Å². The fraction of sp³-hybridized carbons (Fsp3) is 0.471. The summed E-state index contributed by atoms with van der Waals surface area (Å²) in [5.41, 5.74) is 0.0898. The Morgan fingerprint density at radius 2 is 2.14 bits per heavy atom. The molecule has 1 aromatic heterocycles. The van der Waals surface area contributed by atoms with Crippen LogP contribution in [-0.2, 0) is 16.6 Å². The molecule has 1 aliphatic carbocycles. The molecule has 1 amide bonds. The Kier molecular flexibility index (Phi) is 5.95. The predicted molar refractivity (Wildman–Crippen MR) is 108 cm³/mol. The smallest absolute Gasteiger partial charge is 0.253 e. The van der Waals surface area contributed by atoms with Gasteiger partial charge in [-0.25, -0.2) is 8.42 Å². The summed E-state index contributed by atoms with van der Waals surface area (Å²) in [6.45, 7) is 3.70. The Balaban J connectivity index is 1.81. The molecule has 0 spiro atoms. The molecule has 28 heavy (non-hydrogen) atoms. The second kappa shape index (κ2) is 7.94. The molecule has 1 saturated carbocycles. The number of carbonyl (C=O) groups excluding carboxylic acids is 1. The van der Waals surface area contributed by atoms with Crippen molar-refractivity contribution in [3.05, 3.63) is 39.4 Å². The molecule has 0 saturated heterocycles. The van der Waals surface area contributed by atoms with E-state index in [0.717, 1.165) is 12.8 Å². The van der Waals surface area contributed by atoms with E-state index in [9.17, 15) is 13.2 Å². The number of nitrogens with one attached hydrogen (secondary N) is 2. The molecule has 1 aliphatic rings. The molecule has 11 heteroatoms. The van der Waals surface area contributed by atoms with Crippen LogP contribution in [0.1, 0.15) is 48.9 Å². The second-order valence-electron chi connectivity index (χ2n) is 6.99. The molecule has 1 aromatic carbocycles. The summed E-state index contributed by atoms with van der Waals surface area (Å²) >= 11 is 11.4. The summed E-state index contributed by atoms with van der Waals surface area (Å²) in [5.74, 6) is 0.144. The van der Waals surface area contributed by atoms with Crippen molar-refractivity contribution in [1.29, 1.82) is 0 Å². The van der Waals surface area contributed by atoms with E-state index in [0.29, 0.717) is 16.6 Å². The largest absolute Gasteiger partial charge is 0.345 e. The molecule has 0 aliphatic heterocycles. The van der Waals surface area contributed by atoms with Crippen molar-refractivity contribution in [2.75, 3.05) is 7.05 Å². The van der Waals surface area contributed by atoms with Crippen LogP contribution < -0.4 is 5.32 Å². The number of hydrogen-bond acceptors (Lipinski definition) is 5. The number of benzene rings is 1. The highest BCUT2D eigenvalue weighted by Gasteiger charge is 2.28. The van der Waals surface area contributed by atoms with Gasteiger partial charge >= 0.3 is 0 Å². The Morgan fingerprint density at radius 3 is 2.75 bits per heavy atom. The fourth-order valence-corrected chi connectivity index (χ4v) is 4.61. The molecular weight excluding hydrogens is 422 g/mol. The highest BCUT2D eigenvalue weighted by Crippen LogP contribution is 2.35. The standard InChI is InChI=1S/C17H22ClN5O3S2/c1-10(2)22(3)28(25,26)12-6-7-14(18)13(8-12)16(24)19-9-15-20-21-17(27)23(15)11-4-5-11/h6-8,10-11H,4-5,9H2,1-3H3,(H,19,24)(H,21,27). The lowest BCUT2D eigenvalue weighted by Gasteiger charge is -2.21. The van der Waals surface area contributed by atoms with E-state index in [4.69, 9.17) is 23.8 Å². The van der Waals surface area contributed by atoms with Crippen LogP contribution in [0.15, 0.2) is 23.1 Å². The minimum absolute atomic E-state index is 0.0129. The van der Waals surface area contributed by atoms with Crippen LogP contribution in [0.5, 0.6) is 0 Å². The SMILES string of the molecule is CC(C)N(C)S(=O)(=O)c1ccc(Cl)c(C(=O)NCc2n[nH]c(=S)n2C2CC2)c1. The topological polar surface area (TPSA) is 100 Å². The van der Waals surface area contributed by atoms with Crippen LogP contribution in [0.3, 0.4) is 0 Å². The van der Waals surface area contributed by atoms with Crippen LogP contribution in [0, 0.1) is 4.77 Å². The predicted octanol–water partition coefficient (Wildman–Crippen LogP) is 2.89. The van der Waals surface area contributed by atoms with E-state index in [-0.39, 0.29) is 28.1 Å². The maximum absolute atomic E-state index is 12.7.